The van der Waals surface area contributed by atoms with E-state index in [9.17, 15) is 19.2 Å². The molecule has 0 aromatic carbocycles. The molecule has 2 saturated heterocycles. The number of aryl methyl sites for hydroxylation is 1. The van der Waals surface area contributed by atoms with E-state index in [2.05, 4.69) is 43.8 Å². The van der Waals surface area contributed by atoms with E-state index in [1.54, 1.807) is 44.6 Å². The Labute approximate surface area is 323 Å². The third-order valence-corrected chi connectivity index (χ3v) is 16.8. The lowest BCUT2D eigenvalue weighted by Crippen LogP contribution is -2.63. The van der Waals surface area contributed by atoms with Crippen LogP contribution in [0.3, 0.4) is 0 Å². The number of pyridine rings is 1. The maximum atomic E-state index is 14.6. The maximum absolute atomic E-state index is 14.6. The van der Waals surface area contributed by atoms with Gasteiger partial charge in [-0.25, -0.2) is 9.78 Å². The normalized spacial score (nSPS) is 30.5. The first kappa shape index (κ1) is 43.3. The summed E-state index contributed by atoms with van der Waals surface area (Å²) in [6.45, 7) is 22.4. The highest BCUT2D eigenvalue weighted by Gasteiger charge is 2.63. The Hall–Kier alpha value is -3.42. The minimum Gasteiger partial charge on any atom is -0.457 e. The number of cyclic esters (lactones) is 1. The fraction of sp³-hybridized carbons (Fsp3) is 0.707. The summed E-state index contributed by atoms with van der Waals surface area (Å²) < 4.78 is 27.6. The van der Waals surface area contributed by atoms with Gasteiger partial charge in [-0.2, -0.15) is 0 Å². The lowest BCUT2D eigenvalue weighted by Gasteiger charge is -2.45. The summed E-state index contributed by atoms with van der Waals surface area (Å²) in [6, 6.07) is 3.03. The molecule has 4 rings (SSSR count). The zero-order valence-electron chi connectivity index (χ0n) is 34.6. The van der Waals surface area contributed by atoms with Crippen molar-refractivity contribution >= 4 is 31.9 Å². The topological polar surface area (TPSA) is 139 Å². The standard InChI is InChI=1S/C41H64N4O8Si/c1-13-33-41(25-51-54(11,12)39(6,7)8)36(29(4)34(46)27(2)21-40(9,50-10)22-28(3)35(47)30(5)37(48)52-33)45(38(49)53-41)20-15-14-19-44-24-32(43-26-44)31-17-16-18-42-23-31/h16-18,23-24,26-30,33,36H,13-15,19-22,25H2,1-12H3/t27-,28-,29+,30-,33-,36?,40+,41-/m1/s1. The zero-order chi connectivity index (χ0) is 40.2. The van der Waals surface area contributed by atoms with Crippen LogP contribution in [0.1, 0.15) is 94.4 Å². The van der Waals surface area contributed by atoms with Crippen LogP contribution in [-0.4, -0.2) is 95.0 Å². The van der Waals surface area contributed by atoms with Gasteiger partial charge in [0.2, 0.25) is 0 Å². The number of nitrogens with zero attached hydrogens (tertiary/aromatic N) is 4. The molecule has 54 heavy (non-hydrogen) atoms. The van der Waals surface area contributed by atoms with Gasteiger partial charge in [-0.05, 0) is 76.2 Å². The van der Waals surface area contributed by atoms with E-state index in [-0.39, 0.29) is 29.6 Å². The van der Waals surface area contributed by atoms with Crippen LogP contribution in [0.15, 0.2) is 37.1 Å². The molecule has 1 unspecified atom stereocenters. The molecule has 0 saturated carbocycles. The highest BCUT2D eigenvalue weighted by Crippen LogP contribution is 2.45. The SMILES string of the molecule is CC[C@H]1OC(=O)[C@H](C)C(=O)[C@H](C)C[C@@](C)(OC)C[C@@H](C)C(=O)[C@H](C)C2N(CCCCn3cnc(-c4cccnc4)c3)C(=O)O[C@@]21CO[Si](C)(C)C(C)(C)C. The predicted molar refractivity (Wildman–Crippen MR) is 209 cm³/mol. The first-order valence-electron chi connectivity index (χ1n) is 19.6. The van der Waals surface area contributed by atoms with Crippen LogP contribution >= 0.6 is 0 Å². The Morgan fingerprint density at radius 3 is 2.24 bits per heavy atom. The molecule has 0 spiro atoms. The lowest BCUT2D eigenvalue weighted by molar-refractivity contribution is -0.177. The van der Waals surface area contributed by atoms with Gasteiger partial charge in [0.15, 0.2) is 13.9 Å². The van der Waals surface area contributed by atoms with E-state index in [0.717, 1.165) is 17.7 Å². The summed E-state index contributed by atoms with van der Waals surface area (Å²) in [6.07, 6.45) is 8.03. The second-order valence-electron chi connectivity index (χ2n) is 17.5. The number of ketones is 2. The second-order valence-corrected chi connectivity index (χ2v) is 22.3. The van der Waals surface area contributed by atoms with Crippen molar-refractivity contribution in [1.82, 2.24) is 19.4 Å². The summed E-state index contributed by atoms with van der Waals surface area (Å²) in [5.41, 5.74) is -0.566. The number of carbonyl (C=O) groups excluding carboxylic acids is 4. The van der Waals surface area contributed by atoms with E-state index < -0.39 is 67.4 Å². The van der Waals surface area contributed by atoms with Gasteiger partial charge >= 0.3 is 12.1 Å². The number of methoxy groups -OCH3 is 1. The molecule has 13 heteroatoms. The van der Waals surface area contributed by atoms with Crippen molar-refractivity contribution in [3.63, 3.8) is 0 Å². The van der Waals surface area contributed by atoms with E-state index in [1.165, 1.54) is 0 Å². The minimum atomic E-state index is -2.46. The number of hydrogen-bond acceptors (Lipinski definition) is 10. The number of unbranched alkanes of at least 4 members (excludes halogenated alkanes) is 1. The van der Waals surface area contributed by atoms with E-state index in [1.807, 2.05) is 50.6 Å². The molecule has 1 amide bonds. The number of imidazole rings is 1. The largest absolute Gasteiger partial charge is 0.457 e. The Balaban J connectivity index is 1.74. The van der Waals surface area contributed by atoms with Crippen LogP contribution in [0.2, 0.25) is 18.1 Å². The van der Waals surface area contributed by atoms with Gasteiger partial charge in [-0.1, -0.05) is 48.5 Å². The van der Waals surface area contributed by atoms with Crippen LogP contribution in [0.4, 0.5) is 4.79 Å². The van der Waals surface area contributed by atoms with Crippen molar-refractivity contribution in [2.45, 2.75) is 142 Å². The smallest absolute Gasteiger partial charge is 0.411 e. The summed E-state index contributed by atoms with van der Waals surface area (Å²) in [5.74, 6) is -3.76. The van der Waals surface area contributed by atoms with Crippen LogP contribution in [0.25, 0.3) is 11.3 Å². The van der Waals surface area contributed by atoms with Gasteiger partial charge in [0.1, 0.15) is 23.6 Å². The average Bonchev–Trinajstić information content (AvgIpc) is 3.71. The monoisotopic (exact) mass is 768 g/mol. The molecule has 0 N–H and O–H groups in total. The third-order valence-electron chi connectivity index (χ3n) is 12.3. The number of rotatable bonds is 11. The van der Waals surface area contributed by atoms with Gasteiger partial charge in [0.05, 0.1) is 30.3 Å². The number of Topliss-reactive ketones (excluding diaryl/α,β-unsaturated/α-hetero) is 2. The maximum Gasteiger partial charge on any atom is 0.411 e. The summed E-state index contributed by atoms with van der Waals surface area (Å²) >= 11 is 0. The number of ether oxygens (including phenoxy) is 3. The molecule has 300 valence electrons. The second kappa shape index (κ2) is 17.2. The molecule has 0 aliphatic carbocycles. The number of carbonyl (C=O) groups is 4. The molecular formula is C41H64N4O8Si. The lowest BCUT2D eigenvalue weighted by atomic mass is 9.73. The van der Waals surface area contributed by atoms with Crippen molar-refractivity contribution < 1.29 is 37.8 Å². The molecular weight excluding hydrogens is 705 g/mol. The fourth-order valence-electron chi connectivity index (χ4n) is 7.94. The van der Waals surface area contributed by atoms with Gasteiger partial charge in [0, 0.05) is 62.1 Å². The van der Waals surface area contributed by atoms with Crippen molar-refractivity contribution in [2.75, 3.05) is 20.3 Å². The molecule has 2 aliphatic rings. The number of aromatic nitrogens is 3. The Morgan fingerprint density at radius 1 is 1.00 bits per heavy atom. The highest BCUT2D eigenvalue weighted by molar-refractivity contribution is 6.74. The first-order valence-corrected chi connectivity index (χ1v) is 22.5. The Kier molecular flexibility index (Phi) is 13.8. The van der Waals surface area contributed by atoms with Gasteiger partial charge in [0.25, 0.3) is 0 Å². The first-order chi connectivity index (χ1) is 25.2. The fourth-order valence-corrected chi connectivity index (χ4v) is 8.96. The van der Waals surface area contributed by atoms with Crippen molar-refractivity contribution in [3.8, 4) is 11.3 Å². The Bertz CT molecular complexity index is 1630. The van der Waals surface area contributed by atoms with Gasteiger partial charge in [-0.3, -0.25) is 19.4 Å². The number of hydrogen-bond donors (Lipinski definition) is 0. The van der Waals surface area contributed by atoms with Crippen molar-refractivity contribution in [1.29, 1.82) is 0 Å². The van der Waals surface area contributed by atoms with Crippen molar-refractivity contribution in [3.05, 3.63) is 37.1 Å². The van der Waals surface area contributed by atoms with Crippen LogP contribution in [0, 0.1) is 23.7 Å². The molecule has 2 aromatic heterocycles. The van der Waals surface area contributed by atoms with Crippen molar-refractivity contribution in [2.24, 2.45) is 23.7 Å². The summed E-state index contributed by atoms with van der Waals surface area (Å²) in [4.78, 5) is 66.8. The average molecular weight is 769 g/mol. The van der Waals surface area contributed by atoms with E-state index >= 15 is 0 Å². The molecule has 0 bridgehead atoms. The number of fused-ring (bicyclic) bond motifs is 1. The Morgan fingerprint density at radius 2 is 1.65 bits per heavy atom. The van der Waals surface area contributed by atoms with Crippen LogP contribution in [-0.2, 0) is 39.6 Å². The minimum absolute atomic E-state index is 0.0600. The summed E-state index contributed by atoms with van der Waals surface area (Å²) in [5, 5.41) is -0.177. The van der Waals surface area contributed by atoms with Crippen LogP contribution in [0.5, 0.6) is 0 Å². The highest BCUT2D eigenvalue weighted by atomic mass is 28.4. The third kappa shape index (κ3) is 9.33. The molecule has 2 fully saturated rings. The van der Waals surface area contributed by atoms with Gasteiger partial charge < -0.3 is 28.1 Å². The predicted octanol–water partition coefficient (Wildman–Crippen LogP) is 7.51. The van der Waals surface area contributed by atoms with Crippen LogP contribution < -0.4 is 0 Å². The van der Waals surface area contributed by atoms with Gasteiger partial charge in [-0.15, -0.1) is 0 Å². The molecule has 12 nitrogen and oxygen atoms in total. The number of amides is 1. The molecule has 2 aliphatic heterocycles. The molecule has 2 aromatic rings. The summed E-state index contributed by atoms with van der Waals surface area (Å²) in [7, 11) is -0.876. The molecule has 4 heterocycles. The zero-order valence-corrected chi connectivity index (χ0v) is 35.6. The van der Waals surface area contributed by atoms with E-state index in [4.69, 9.17) is 18.6 Å². The quantitative estimate of drug-likeness (QED) is 0.0977. The molecule has 0 radical (unpaired) electrons. The van der Waals surface area contributed by atoms with E-state index in [0.29, 0.717) is 32.4 Å². The number of esters is 1. The molecule has 8 atom stereocenters.